The van der Waals surface area contributed by atoms with E-state index in [4.69, 9.17) is 30.5 Å². The van der Waals surface area contributed by atoms with Crippen molar-refractivity contribution in [2.45, 2.75) is 13.5 Å². The van der Waals surface area contributed by atoms with E-state index in [2.05, 4.69) is 4.98 Å². The van der Waals surface area contributed by atoms with Crippen molar-refractivity contribution in [2.24, 2.45) is 0 Å². The molecule has 0 saturated carbocycles. The van der Waals surface area contributed by atoms with E-state index in [9.17, 15) is 4.79 Å². The first-order valence-electron chi connectivity index (χ1n) is 8.71. The smallest absolute Gasteiger partial charge is 0.344 e. The van der Waals surface area contributed by atoms with Gasteiger partial charge >= 0.3 is 5.97 Å². The highest BCUT2D eigenvalue weighted by molar-refractivity contribution is 7.13. The molecule has 0 aliphatic rings. The number of ether oxygens (including phenoxy) is 4. The second kappa shape index (κ2) is 9.62. The summed E-state index contributed by atoms with van der Waals surface area (Å²) in [5.74, 6) is 1.40. The highest BCUT2D eigenvalue weighted by Crippen LogP contribution is 2.33. The van der Waals surface area contributed by atoms with Crippen LogP contribution in [-0.4, -0.2) is 31.8 Å². The van der Waals surface area contributed by atoms with Gasteiger partial charge in [-0.15, -0.1) is 11.3 Å². The Morgan fingerprint density at radius 2 is 1.83 bits per heavy atom. The van der Waals surface area contributed by atoms with Crippen LogP contribution < -0.4 is 14.2 Å². The van der Waals surface area contributed by atoms with Crippen LogP contribution in [0.1, 0.15) is 11.3 Å². The van der Waals surface area contributed by atoms with Crippen LogP contribution in [0, 0.1) is 6.92 Å². The van der Waals surface area contributed by atoms with Crippen LogP contribution in [0.15, 0.2) is 41.8 Å². The minimum atomic E-state index is -0.472. The minimum Gasteiger partial charge on any atom is -0.493 e. The van der Waals surface area contributed by atoms with Crippen LogP contribution in [-0.2, 0) is 16.1 Å². The summed E-state index contributed by atoms with van der Waals surface area (Å²) in [6, 6.07) is 10.8. The van der Waals surface area contributed by atoms with Gasteiger partial charge in [0.25, 0.3) is 0 Å². The third kappa shape index (κ3) is 5.40. The molecule has 152 valence electrons. The number of hydrogen-bond acceptors (Lipinski definition) is 7. The summed E-state index contributed by atoms with van der Waals surface area (Å²) in [7, 11) is 3.17. The SMILES string of the molecule is COc1ccc(-c2nc(COC(=O)COc3ccc(Cl)cc3C)cs2)cc1OC. The Morgan fingerprint density at radius 3 is 2.55 bits per heavy atom. The number of thiazole rings is 1. The van der Waals surface area contributed by atoms with Gasteiger partial charge in [-0.05, 0) is 48.9 Å². The number of carbonyl (C=O) groups excluding carboxylic acids is 1. The fourth-order valence-electron chi connectivity index (χ4n) is 2.58. The minimum absolute atomic E-state index is 0.0750. The summed E-state index contributed by atoms with van der Waals surface area (Å²) in [5.41, 5.74) is 2.41. The Bertz CT molecular complexity index is 1000. The maximum atomic E-state index is 12.0. The molecule has 6 nitrogen and oxygen atoms in total. The molecule has 0 saturated heterocycles. The largest absolute Gasteiger partial charge is 0.493 e. The number of nitrogens with zero attached hydrogens (tertiary/aromatic N) is 1. The molecule has 1 heterocycles. The number of carbonyl (C=O) groups is 1. The van der Waals surface area contributed by atoms with Gasteiger partial charge in [0.2, 0.25) is 0 Å². The number of esters is 1. The normalized spacial score (nSPS) is 10.5. The topological polar surface area (TPSA) is 66.9 Å². The van der Waals surface area contributed by atoms with Crippen molar-refractivity contribution >= 4 is 28.9 Å². The molecule has 0 aliphatic carbocycles. The summed E-state index contributed by atoms with van der Waals surface area (Å²) in [6.07, 6.45) is 0. The van der Waals surface area contributed by atoms with E-state index in [0.29, 0.717) is 28.0 Å². The zero-order valence-corrected chi connectivity index (χ0v) is 17.8. The number of benzene rings is 2. The fourth-order valence-corrected chi connectivity index (χ4v) is 3.61. The molecule has 3 aromatic rings. The molecular formula is C21H20ClNO5S. The van der Waals surface area contributed by atoms with E-state index in [0.717, 1.165) is 16.1 Å². The van der Waals surface area contributed by atoms with Gasteiger partial charge in [0.05, 0.1) is 19.9 Å². The molecule has 0 unspecified atom stereocenters. The van der Waals surface area contributed by atoms with Gasteiger partial charge in [0.1, 0.15) is 17.4 Å². The molecule has 0 bridgehead atoms. The van der Waals surface area contributed by atoms with Crippen LogP contribution in [0.2, 0.25) is 5.02 Å². The molecule has 2 aromatic carbocycles. The summed E-state index contributed by atoms with van der Waals surface area (Å²) in [5, 5.41) is 3.26. The molecule has 8 heteroatoms. The van der Waals surface area contributed by atoms with Crippen LogP contribution in [0.5, 0.6) is 17.2 Å². The standard InChI is InChI=1S/C21H20ClNO5S/c1-13-8-15(22)5-7-17(13)27-11-20(24)28-10-16-12-29-21(23-16)14-4-6-18(25-2)19(9-14)26-3/h4-9,12H,10-11H2,1-3H3. The van der Waals surface area contributed by atoms with Crippen molar-refractivity contribution in [1.29, 1.82) is 0 Å². The molecule has 0 atom stereocenters. The predicted octanol–water partition coefficient (Wildman–Crippen LogP) is 4.91. The van der Waals surface area contributed by atoms with E-state index >= 15 is 0 Å². The van der Waals surface area contributed by atoms with E-state index < -0.39 is 5.97 Å². The predicted molar refractivity (Wildman–Crippen MR) is 112 cm³/mol. The summed E-state index contributed by atoms with van der Waals surface area (Å²) in [4.78, 5) is 16.5. The van der Waals surface area contributed by atoms with E-state index in [1.807, 2.05) is 30.5 Å². The lowest BCUT2D eigenvalue weighted by Gasteiger charge is -2.09. The fraction of sp³-hybridized carbons (Fsp3) is 0.238. The summed E-state index contributed by atoms with van der Waals surface area (Å²) >= 11 is 7.37. The monoisotopic (exact) mass is 433 g/mol. The first kappa shape index (κ1) is 21.0. The molecule has 0 spiro atoms. The highest BCUT2D eigenvalue weighted by atomic mass is 35.5. The first-order valence-corrected chi connectivity index (χ1v) is 9.97. The average Bonchev–Trinajstić information content (AvgIpc) is 3.20. The number of rotatable bonds is 8. The van der Waals surface area contributed by atoms with Crippen LogP contribution >= 0.6 is 22.9 Å². The number of methoxy groups -OCH3 is 2. The number of aromatic nitrogens is 1. The van der Waals surface area contributed by atoms with Crippen molar-refractivity contribution in [2.75, 3.05) is 20.8 Å². The molecule has 1 aromatic heterocycles. The lowest BCUT2D eigenvalue weighted by Crippen LogP contribution is -2.15. The van der Waals surface area contributed by atoms with E-state index in [-0.39, 0.29) is 13.2 Å². The van der Waals surface area contributed by atoms with Crippen molar-refractivity contribution in [3.05, 3.63) is 58.1 Å². The third-order valence-electron chi connectivity index (χ3n) is 4.05. The summed E-state index contributed by atoms with van der Waals surface area (Å²) < 4.78 is 21.3. The second-order valence-corrected chi connectivity index (χ2v) is 7.37. The molecular weight excluding hydrogens is 414 g/mol. The average molecular weight is 434 g/mol. The zero-order chi connectivity index (χ0) is 20.8. The van der Waals surface area contributed by atoms with E-state index in [1.165, 1.54) is 11.3 Å². The van der Waals surface area contributed by atoms with Gasteiger partial charge in [-0.3, -0.25) is 0 Å². The van der Waals surface area contributed by atoms with Gasteiger partial charge in [-0.25, -0.2) is 9.78 Å². The molecule has 0 amide bonds. The number of hydrogen-bond donors (Lipinski definition) is 0. The van der Waals surface area contributed by atoms with Gasteiger partial charge in [-0.2, -0.15) is 0 Å². The maximum Gasteiger partial charge on any atom is 0.344 e. The Labute approximate surface area is 178 Å². The number of aryl methyl sites for hydroxylation is 1. The van der Waals surface area contributed by atoms with Crippen molar-refractivity contribution in [3.63, 3.8) is 0 Å². The molecule has 0 fully saturated rings. The first-order chi connectivity index (χ1) is 14.0. The van der Waals surface area contributed by atoms with Gasteiger partial charge < -0.3 is 18.9 Å². The Balaban J connectivity index is 1.55. The van der Waals surface area contributed by atoms with Gasteiger partial charge in [0.15, 0.2) is 18.1 Å². The van der Waals surface area contributed by atoms with Crippen LogP contribution in [0.4, 0.5) is 0 Å². The Kier molecular flexibility index (Phi) is 6.95. The van der Waals surface area contributed by atoms with Gasteiger partial charge in [0, 0.05) is 16.0 Å². The van der Waals surface area contributed by atoms with Crippen molar-refractivity contribution < 1.29 is 23.7 Å². The van der Waals surface area contributed by atoms with Crippen molar-refractivity contribution in [1.82, 2.24) is 4.98 Å². The quantitative estimate of drug-likeness (QED) is 0.470. The third-order valence-corrected chi connectivity index (χ3v) is 5.22. The molecule has 3 rings (SSSR count). The molecule has 0 aliphatic heterocycles. The Hall–Kier alpha value is -2.77. The van der Waals surface area contributed by atoms with Gasteiger partial charge in [-0.1, -0.05) is 11.6 Å². The second-order valence-electron chi connectivity index (χ2n) is 6.07. The highest BCUT2D eigenvalue weighted by Gasteiger charge is 2.12. The lowest BCUT2D eigenvalue weighted by molar-refractivity contribution is -0.147. The summed E-state index contributed by atoms with van der Waals surface area (Å²) in [6.45, 7) is 1.75. The van der Waals surface area contributed by atoms with Crippen molar-refractivity contribution in [3.8, 4) is 27.8 Å². The molecule has 29 heavy (non-hydrogen) atoms. The lowest BCUT2D eigenvalue weighted by atomic mass is 10.2. The molecule has 0 N–H and O–H groups in total. The van der Waals surface area contributed by atoms with Crippen LogP contribution in [0.25, 0.3) is 10.6 Å². The van der Waals surface area contributed by atoms with E-state index in [1.54, 1.807) is 32.4 Å². The number of halogens is 1. The maximum absolute atomic E-state index is 12.0. The zero-order valence-electron chi connectivity index (χ0n) is 16.2. The molecule has 0 radical (unpaired) electrons. The van der Waals surface area contributed by atoms with Crippen LogP contribution in [0.3, 0.4) is 0 Å². The Morgan fingerprint density at radius 1 is 1.07 bits per heavy atom.